The third-order valence-electron chi connectivity index (χ3n) is 8.13. The Morgan fingerprint density at radius 1 is 1.02 bits per heavy atom. The number of pyridine rings is 2. The highest BCUT2D eigenvalue weighted by Gasteiger charge is 2.30. The minimum Gasteiger partial charge on any atom is -0.494 e. The van der Waals surface area contributed by atoms with Gasteiger partial charge < -0.3 is 19.7 Å². The Hall–Kier alpha value is -5.65. The first-order chi connectivity index (χ1) is 21.8. The fraction of sp³-hybridized carbons (Fsp3) is 0.242. The lowest BCUT2D eigenvalue weighted by Crippen LogP contribution is -2.40. The lowest BCUT2D eigenvalue weighted by atomic mass is 9.87. The quantitative estimate of drug-likeness (QED) is 0.194. The number of hydrogen-bond acceptors (Lipinski definition) is 8. The zero-order valence-electron chi connectivity index (χ0n) is 25.0. The van der Waals surface area contributed by atoms with Crippen molar-refractivity contribution in [3.05, 3.63) is 101 Å². The number of H-pyrrole nitrogens is 1. The smallest absolute Gasteiger partial charge is 0.310 e. The molecule has 1 unspecified atom stereocenters. The van der Waals surface area contributed by atoms with E-state index in [-0.39, 0.29) is 5.56 Å². The second-order valence-electron chi connectivity index (χ2n) is 10.9. The minimum atomic E-state index is -0.923. The number of rotatable bonds is 8. The number of ketones is 1. The Bertz CT molecular complexity index is 1950. The van der Waals surface area contributed by atoms with E-state index in [0.717, 1.165) is 22.3 Å². The summed E-state index contributed by atoms with van der Waals surface area (Å²) >= 11 is 0. The summed E-state index contributed by atoms with van der Waals surface area (Å²) in [6.45, 7) is 4.09. The number of piperidine rings is 1. The van der Waals surface area contributed by atoms with Gasteiger partial charge in [-0.15, -0.1) is 0 Å². The molecule has 4 aromatic heterocycles. The Balaban J connectivity index is 1.29. The summed E-state index contributed by atoms with van der Waals surface area (Å²) in [6, 6.07) is 11.7. The second-order valence-corrected chi connectivity index (χ2v) is 10.9. The molecule has 1 amide bonds. The van der Waals surface area contributed by atoms with E-state index in [9.17, 15) is 19.5 Å². The van der Waals surface area contributed by atoms with E-state index in [1.807, 2.05) is 36.4 Å². The fourth-order valence-electron chi connectivity index (χ4n) is 5.70. The number of fused-ring (bicyclic) bond motifs is 1. The van der Waals surface area contributed by atoms with Crippen LogP contribution in [0.15, 0.2) is 73.1 Å². The lowest BCUT2D eigenvalue weighted by Gasteiger charge is -2.30. The first kappa shape index (κ1) is 29.4. The Labute approximate surface area is 258 Å². The molecule has 2 N–H and O–H groups in total. The van der Waals surface area contributed by atoms with Gasteiger partial charge in [0.25, 0.3) is 11.7 Å². The van der Waals surface area contributed by atoms with Crippen LogP contribution >= 0.6 is 0 Å². The van der Waals surface area contributed by atoms with Crippen molar-refractivity contribution in [2.45, 2.75) is 32.6 Å². The van der Waals surface area contributed by atoms with Gasteiger partial charge in [-0.1, -0.05) is 35.9 Å². The van der Waals surface area contributed by atoms with E-state index < -0.39 is 23.6 Å². The number of Topliss-reactive ketones (excluding diaryl/α,β-unsaturated/α-hetero) is 1. The maximum Gasteiger partial charge on any atom is 0.310 e. The van der Waals surface area contributed by atoms with Gasteiger partial charge in [0, 0.05) is 37.2 Å². The van der Waals surface area contributed by atoms with Crippen molar-refractivity contribution in [1.82, 2.24) is 34.6 Å². The molecular formula is C33H31N7O5. The zero-order chi connectivity index (χ0) is 31.7. The van der Waals surface area contributed by atoms with Crippen LogP contribution in [0.4, 0.5) is 0 Å². The van der Waals surface area contributed by atoms with Crippen LogP contribution in [0, 0.1) is 6.92 Å². The standard InChI is InChI=1S/C33H31N7O5/c1-19(33(43)44)23-13-24(15-34-14-23)27(21-7-5-4-6-8-21)22-9-11-39(12-10-22)32(42)30(41)25-16-35-29-28(25)26(45-3)17-36-31(29)40-18-37-20(2)38-40/h4-8,13-19,35H,9-12H2,1-3H3,(H,43,44). The second kappa shape index (κ2) is 12.2. The maximum atomic E-state index is 13.7. The summed E-state index contributed by atoms with van der Waals surface area (Å²) < 4.78 is 7.01. The van der Waals surface area contributed by atoms with Crippen molar-refractivity contribution in [3.8, 4) is 11.6 Å². The van der Waals surface area contributed by atoms with Crippen molar-refractivity contribution in [2.75, 3.05) is 20.2 Å². The topological polar surface area (TPSA) is 156 Å². The van der Waals surface area contributed by atoms with E-state index in [0.29, 0.717) is 59.8 Å². The Kier molecular flexibility index (Phi) is 7.95. The Morgan fingerprint density at radius 2 is 1.78 bits per heavy atom. The number of aromatic amines is 1. The van der Waals surface area contributed by atoms with Gasteiger partial charge in [-0.05, 0) is 49.5 Å². The van der Waals surface area contributed by atoms with E-state index in [1.165, 1.54) is 30.5 Å². The number of aryl methyl sites for hydroxylation is 1. The van der Waals surface area contributed by atoms with Gasteiger partial charge in [0.15, 0.2) is 5.82 Å². The predicted molar refractivity (Wildman–Crippen MR) is 165 cm³/mol. The predicted octanol–water partition coefficient (Wildman–Crippen LogP) is 4.35. The molecule has 6 rings (SSSR count). The van der Waals surface area contributed by atoms with E-state index in [1.54, 1.807) is 31.1 Å². The number of carbonyl (C=O) groups excluding carboxylic acids is 2. The van der Waals surface area contributed by atoms with Gasteiger partial charge in [-0.3, -0.25) is 19.4 Å². The zero-order valence-corrected chi connectivity index (χ0v) is 25.0. The van der Waals surface area contributed by atoms with Crippen LogP contribution in [0.2, 0.25) is 0 Å². The average molecular weight is 606 g/mol. The molecule has 45 heavy (non-hydrogen) atoms. The number of likely N-dealkylation sites (tertiary alicyclic amines) is 1. The monoisotopic (exact) mass is 605 g/mol. The largest absolute Gasteiger partial charge is 0.494 e. The molecule has 5 heterocycles. The van der Waals surface area contributed by atoms with Crippen LogP contribution < -0.4 is 4.74 Å². The third kappa shape index (κ3) is 5.57. The molecule has 1 atom stereocenters. The average Bonchev–Trinajstić information content (AvgIpc) is 3.71. The van der Waals surface area contributed by atoms with E-state index >= 15 is 0 Å². The number of carbonyl (C=O) groups is 3. The Morgan fingerprint density at radius 3 is 2.44 bits per heavy atom. The number of aliphatic carboxylic acids is 1. The number of carboxylic acids is 1. The van der Waals surface area contributed by atoms with Crippen molar-refractivity contribution in [1.29, 1.82) is 0 Å². The van der Waals surface area contributed by atoms with Crippen LogP contribution in [-0.2, 0) is 9.59 Å². The molecule has 1 aromatic carbocycles. The highest BCUT2D eigenvalue weighted by molar-refractivity contribution is 6.45. The van der Waals surface area contributed by atoms with Gasteiger partial charge in [0.05, 0.1) is 35.7 Å². The number of aromatic nitrogens is 6. The molecule has 1 saturated heterocycles. The van der Waals surface area contributed by atoms with Gasteiger partial charge in [0.2, 0.25) is 0 Å². The number of nitrogens with zero attached hydrogens (tertiary/aromatic N) is 6. The van der Waals surface area contributed by atoms with Crippen LogP contribution in [-0.4, -0.2) is 77.6 Å². The minimum absolute atomic E-state index is 0.189. The molecule has 0 spiro atoms. The molecule has 12 nitrogen and oxygen atoms in total. The number of hydrogen-bond donors (Lipinski definition) is 2. The molecule has 0 saturated carbocycles. The summed E-state index contributed by atoms with van der Waals surface area (Å²) in [5.41, 5.74) is 5.16. The van der Waals surface area contributed by atoms with Crippen molar-refractivity contribution in [2.24, 2.45) is 0 Å². The number of nitrogens with one attached hydrogen (secondary N) is 1. The number of methoxy groups -OCH3 is 1. The first-order valence-corrected chi connectivity index (χ1v) is 14.5. The molecule has 1 aliphatic rings. The van der Waals surface area contributed by atoms with Crippen LogP contribution in [0.25, 0.3) is 22.3 Å². The third-order valence-corrected chi connectivity index (χ3v) is 8.13. The van der Waals surface area contributed by atoms with E-state index in [4.69, 9.17) is 4.74 Å². The summed E-state index contributed by atoms with van der Waals surface area (Å²) in [4.78, 5) is 56.5. The molecule has 0 aliphatic carbocycles. The summed E-state index contributed by atoms with van der Waals surface area (Å²) in [5.74, 6) is -1.54. The molecule has 5 aromatic rings. The summed E-state index contributed by atoms with van der Waals surface area (Å²) in [6.07, 6.45) is 8.92. The first-order valence-electron chi connectivity index (χ1n) is 14.5. The van der Waals surface area contributed by atoms with Crippen LogP contribution in [0.5, 0.6) is 5.75 Å². The highest BCUT2D eigenvalue weighted by atomic mass is 16.5. The van der Waals surface area contributed by atoms with Gasteiger partial charge >= 0.3 is 5.97 Å². The number of ether oxygens (including phenoxy) is 1. The van der Waals surface area contributed by atoms with Gasteiger partial charge in [0.1, 0.15) is 17.9 Å². The van der Waals surface area contributed by atoms with Crippen molar-refractivity contribution < 1.29 is 24.2 Å². The van der Waals surface area contributed by atoms with Gasteiger partial charge in [-0.2, -0.15) is 5.10 Å². The maximum absolute atomic E-state index is 13.7. The lowest BCUT2D eigenvalue weighted by molar-refractivity contribution is -0.138. The van der Waals surface area contributed by atoms with Crippen LogP contribution in [0.3, 0.4) is 0 Å². The molecule has 228 valence electrons. The fourth-order valence-corrected chi connectivity index (χ4v) is 5.70. The molecule has 0 bridgehead atoms. The molecule has 1 fully saturated rings. The number of benzene rings is 1. The number of amides is 1. The van der Waals surface area contributed by atoms with Gasteiger partial charge in [-0.25, -0.2) is 14.6 Å². The number of carboxylic acid groups (broad SMARTS) is 1. The normalized spacial score (nSPS) is 13.9. The SMILES string of the molecule is COc1cnc(-n2cnc(C)n2)c2[nH]cc(C(=O)C(=O)N3CCC(=C(c4ccccc4)c4cncc(C(C)C(=O)O)c4)CC3)c12. The highest BCUT2D eigenvalue weighted by Crippen LogP contribution is 2.35. The summed E-state index contributed by atoms with van der Waals surface area (Å²) in [7, 11) is 1.48. The summed E-state index contributed by atoms with van der Waals surface area (Å²) in [5, 5.41) is 14.3. The molecule has 1 aliphatic heterocycles. The molecule has 0 radical (unpaired) electrons. The van der Waals surface area contributed by atoms with Crippen molar-refractivity contribution >= 4 is 34.1 Å². The molecular weight excluding hydrogens is 574 g/mol. The molecule has 12 heteroatoms. The van der Waals surface area contributed by atoms with Crippen LogP contribution in [0.1, 0.15) is 58.6 Å². The van der Waals surface area contributed by atoms with Crippen molar-refractivity contribution in [3.63, 3.8) is 0 Å². The van der Waals surface area contributed by atoms with E-state index in [2.05, 4.69) is 25.0 Å².